The molecule has 0 aliphatic heterocycles. The van der Waals surface area contributed by atoms with Crippen molar-refractivity contribution in [3.8, 4) is 11.6 Å². The number of hydrogen-bond donors (Lipinski definition) is 2. The predicted molar refractivity (Wildman–Crippen MR) is 82.0 cm³/mol. The zero-order valence-corrected chi connectivity index (χ0v) is 12.4. The summed E-state index contributed by atoms with van der Waals surface area (Å²) in [6.45, 7) is 0. The van der Waals surface area contributed by atoms with E-state index in [4.69, 9.17) is 15.2 Å². The summed E-state index contributed by atoms with van der Waals surface area (Å²) in [5.41, 5.74) is 8.05. The molecule has 0 unspecified atom stereocenters. The lowest BCUT2D eigenvalue weighted by atomic mass is 10.3. The molecule has 0 aliphatic carbocycles. The van der Waals surface area contributed by atoms with Gasteiger partial charge in [-0.15, -0.1) is 0 Å². The van der Waals surface area contributed by atoms with Crippen LogP contribution in [-0.4, -0.2) is 29.2 Å². The third-order valence-electron chi connectivity index (χ3n) is 2.93. The summed E-state index contributed by atoms with van der Waals surface area (Å²) >= 11 is 1.41. The Labute approximate surface area is 125 Å². The summed E-state index contributed by atoms with van der Waals surface area (Å²) in [7, 11) is 3.18. The summed E-state index contributed by atoms with van der Waals surface area (Å²) in [5.74, 6) is 1.20. The normalized spacial score (nSPS) is 10.8. The standard InChI is InChI=1S/C14H14N4O2S/c1-19-8-3-5-10-11(7-8)17-14(16-10)21-12-6-4-9(15)13(18-12)20-2/h3-7H,15H2,1-2H3,(H,16,17). The number of aromatic nitrogens is 3. The highest BCUT2D eigenvalue weighted by molar-refractivity contribution is 7.99. The largest absolute Gasteiger partial charge is 0.497 e. The van der Waals surface area contributed by atoms with Gasteiger partial charge < -0.3 is 20.2 Å². The number of H-pyrrole nitrogens is 1. The van der Waals surface area contributed by atoms with Crippen molar-refractivity contribution in [2.45, 2.75) is 10.2 Å². The van der Waals surface area contributed by atoms with Crippen molar-refractivity contribution < 1.29 is 9.47 Å². The fourth-order valence-corrected chi connectivity index (χ4v) is 2.66. The number of nitrogen functional groups attached to an aromatic ring is 1. The molecule has 0 saturated heterocycles. The quantitative estimate of drug-likeness (QED) is 0.770. The first-order chi connectivity index (χ1) is 10.2. The van der Waals surface area contributed by atoms with Gasteiger partial charge in [0.1, 0.15) is 10.8 Å². The van der Waals surface area contributed by atoms with Crippen molar-refractivity contribution in [1.29, 1.82) is 0 Å². The van der Waals surface area contributed by atoms with Crippen LogP contribution in [0.25, 0.3) is 11.0 Å². The molecular weight excluding hydrogens is 288 g/mol. The molecule has 3 N–H and O–H groups in total. The van der Waals surface area contributed by atoms with Crippen LogP contribution in [0.15, 0.2) is 40.5 Å². The molecule has 0 spiro atoms. The third kappa shape index (κ3) is 2.73. The maximum Gasteiger partial charge on any atom is 0.237 e. The molecule has 21 heavy (non-hydrogen) atoms. The second-order valence-corrected chi connectivity index (χ2v) is 5.28. The Morgan fingerprint density at radius 1 is 1.10 bits per heavy atom. The van der Waals surface area contributed by atoms with E-state index in [0.717, 1.165) is 27.0 Å². The number of fused-ring (bicyclic) bond motifs is 1. The zero-order chi connectivity index (χ0) is 14.8. The summed E-state index contributed by atoms with van der Waals surface area (Å²) in [6, 6.07) is 9.29. The molecule has 7 heteroatoms. The predicted octanol–water partition coefficient (Wildman–Crippen LogP) is 2.71. The minimum Gasteiger partial charge on any atom is -0.497 e. The van der Waals surface area contributed by atoms with E-state index in [1.807, 2.05) is 24.3 Å². The Kier molecular flexibility index (Phi) is 3.57. The monoisotopic (exact) mass is 302 g/mol. The van der Waals surface area contributed by atoms with Gasteiger partial charge in [-0.2, -0.15) is 0 Å². The number of anilines is 1. The number of aromatic amines is 1. The highest BCUT2D eigenvalue weighted by Crippen LogP contribution is 2.30. The molecule has 3 aromatic rings. The molecule has 0 radical (unpaired) electrons. The smallest absolute Gasteiger partial charge is 0.237 e. The highest BCUT2D eigenvalue weighted by Gasteiger charge is 2.09. The van der Waals surface area contributed by atoms with Gasteiger partial charge in [-0.3, -0.25) is 0 Å². The molecule has 108 valence electrons. The topological polar surface area (TPSA) is 86.1 Å². The van der Waals surface area contributed by atoms with Gasteiger partial charge in [-0.1, -0.05) is 0 Å². The zero-order valence-electron chi connectivity index (χ0n) is 11.6. The Hall–Kier alpha value is -2.41. The first kappa shape index (κ1) is 13.6. The minimum absolute atomic E-state index is 0.415. The van der Waals surface area contributed by atoms with E-state index in [9.17, 15) is 0 Å². The SMILES string of the molecule is COc1ccc2nc(Sc3ccc(N)c(OC)n3)[nH]c2c1. The summed E-state index contributed by atoms with van der Waals surface area (Å²) < 4.78 is 10.3. The summed E-state index contributed by atoms with van der Waals surface area (Å²) in [6.07, 6.45) is 0. The third-order valence-corrected chi connectivity index (χ3v) is 3.75. The fraction of sp³-hybridized carbons (Fsp3) is 0.143. The number of nitrogens with two attached hydrogens (primary N) is 1. The number of imidazole rings is 1. The minimum atomic E-state index is 0.415. The molecule has 2 aromatic heterocycles. The molecule has 1 aromatic carbocycles. The number of rotatable bonds is 4. The molecule has 0 atom stereocenters. The lowest BCUT2D eigenvalue weighted by Gasteiger charge is -2.04. The number of benzene rings is 1. The number of pyridine rings is 1. The van der Waals surface area contributed by atoms with Crippen LogP contribution in [0.4, 0.5) is 5.69 Å². The molecular formula is C14H14N4O2S. The first-order valence-corrected chi connectivity index (χ1v) is 7.03. The van der Waals surface area contributed by atoms with Crippen molar-refractivity contribution in [3.63, 3.8) is 0 Å². The van der Waals surface area contributed by atoms with Gasteiger partial charge in [0.25, 0.3) is 0 Å². The summed E-state index contributed by atoms with van der Waals surface area (Å²) in [4.78, 5) is 12.1. The van der Waals surface area contributed by atoms with Gasteiger partial charge in [-0.05, 0) is 36.0 Å². The number of ether oxygens (including phenoxy) is 2. The van der Waals surface area contributed by atoms with Crippen LogP contribution < -0.4 is 15.2 Å². The van der Waals surface area contributed by atoms with Crippen LogP contribution in [0.5, 0.6) is 11.6 Å². The van der Waals surface area contributed by atoms with E-state index < -0.39 is 0 Å². The lowest BCUT2D eigenvalue weighted by molar-refractivity contribution is 0.397. The van der Waals surface area contributed by atoms with Crippen molar-refractivity contribution >= 4 is 28.5 Å². The van der Waals surface area contributed by atoms with Crippen molar-refractivity contribution in [2.75, 3.05) is 20.0 Å². The molecule has 3 rings (SSSR count). The Bertz CT molecular complexity index is 788. The van der Waals surface area contributed by atoms with E-state index in [1.165, 1.54) is 11.8 Å². The molecule has 2 heterocycles. The molecule has 0 aliphatic rings. The van der Waals surface area contributed by atoms with Crippen LogP contribution in [-0.2, 0) is 0 Å². The Balaban J connectivity index is 1.90. The molecule has 0 amide bonds. The van der Waals surface area contributed by atoms with Crippen LogP contribution in [0.1, 0.15) is 0 Å². The van der Waals surface area contributed by atoms with Crippen molar-refractivity contribution in [3.05, 3.63) is 30.3 Å². The number of nitrogens with zero attached hydrogens (tertiary/aromatic N) is 2. The van der Waals surface area contributed by atoms with E-state index in [1.54, 1.807) is 20.3 Å². The lowest BCUT2D eigenvalue weighted by Crippen LogP contribution is -1.95. The number of methoxy groups -OCH3 is 2. The van der Waals surface area contributed by atoms with E-state index in [0.29, 0.717) is 11.6 Å². The molecule has 6 nitrogen and oxygen atoms in total. The number of nitrogens with one attached hydrogen (secondary N) is 1. The molecule has 0 fully saturated rings. The average Bonchev–Trinajstić information content (AvgIpc) is 2.90. The van der Waals surface area contributed by atoms with Crippen LogP contribution in [0, 0.1) is 0 Å². The van der Waals surface area contributed by atoms with Crippen molar-refractivity contribution in [2.24, 2.45) is 0 Å². The van der Waals surface area contributed by atoms with Crippen LogP contribution in [0.3, 0.4) is 0 Å². The van der Waals surface area contributed by atoms with Gasteiger partial charge in [0.05, 0.1) is 30.9 Å². The van der Waals surface area contributed by atoms with Crippen molar-refractivity contribution in [1.82, 2.24) is 15.0 Å². The maximum atomic E-state index is 5.75. The second-order valence-electron chi connectivity index (χ2n) is 4.28. The Morgan fingerprint density at radius 2 is 1.95 bits per heavy atom. The Morgan fingerprint density at radius 3 is 2.71 bits per heavy atom. The van der Waals surface area contributed by atoms with Gasteiger partial charge >= 0.3 is 0 Å². The maximum absolute atomic E-state index is 5.75. The van der Waals surface area contributed by atoms with E-state index in [2.05, 4.69) is 15.0 Å². The fourth-order valence-electron chi connectivity index (χ4n) is 1.89. The second kappa shape index (κ2) is 5.53. The van der Waals surface area contributed by atoms with Gasteiger partial charge in [0, 0.05) is 6.07 Å². The van der Waals surface area contributed by atoms with E-state index in [-0.39, 0.29) is 0 Å². The number of hydrogen-bond acceptors (Lipinski definition) is 6. The van der Waals surface area contributed by atoms with Gasteiger partial charge in [0.15, 0.2) is 5.16 Å². The molecule has 0 bridgehead atoms. The average molecular weight is 302 g/mol. The highest BCUT2D eigenvalue weighted by atomic mass is 32.2. The summed E-state index contributed by atoms with van der Waals surface area (Å²) in [5, 5.41) is 1.50. The van der Waals surface area contributed by atoms with E-state index >= 15 is 0 Å². The van der Waals surface area contributed by atoms with Gasteiger partial charge in [0.2, 0.25) is 5.88 Å². The molecule has 0 saturated carbocycles. The first-order valence-electron chi connectivity index (χ1n) is 6.21. The van der Waals surface area contributed by atoms with Gasteiger partial charge in [-0.25, -0.2) is 9.97 Å². The van der Waals surface area contributed by atoms with Crippen LogP contribution in [0.2, 0.25) is 0 Å². The van der Waals surface area contributed by atoms with Crippen LogP contribution >= 0.6 is 11.8 Å².